The number of fused-ring (bicyclic) bond motifs is 1. The molecule has 0 aromatic heterocycles. The van der Waals surface area contributed by atoms with Crippen LogP contribution in [0.4, 0.5) is 5.69 Å². The quantitative estimate of drug-likeness (QED) is 0.848. The number of hydrogen-bond donors (Lipinski definition) is 1. The lowest BCUT2D eigenvalue weighted by molar-refractivity contribution is -0.121. The Kier molecular flexibility index (Phi) is 5.79. The highest BCUT2D eigenvalue weighted by molar-refractivity contribution is 5.98. The first-order chi connectivity index (χ1) is 12.9. The number of benzene rings is 2. The van der Waals surface area contributed by atoms with Gasteiger partial charge >= 0.3 is 0 Å². The van der Waals surface area contributed by atoms with E-state index < -0.39 is 0 Å². The van der Waals surface area contributed by atoms with E-state index >= 15 is 0 Å². The number of nitrogens with one attached hydrogen (secondary N) is 1. The molecule has 0 saturated carbocycles. The summed E-state index contributed by atoms with van der Waals surface area (Å²) in [6.45, 7) is 7.36. The third-order valence-electron chi connectivity index (χ3n) is 4.60. The van der Waals surface area contributed by atoms with Gasteiger partial charge in [0.1, 0.15) is 5.75 Å². The molecule has 142 valence electrons. The van der Waals surface area contributed by atoms with Crippen LogP contribution in [0.25, 0.3) is 0 Å². The summed E-state index contributed by atoms with van der Waals surface area (Å²) in [4.78, 5) is 26.5. The topological polar surface area (TPSA) is 58.6 Å². The molecule has 5 heteroatoms. The summed E-state index contributed by atoms with van der Waals surface area (Å²) in [5.41, 5.74) is 3.38. The summed E-state index contributed by atoms with van der Waals surface area (Å²) in [6.07, 6.45) is 0.948. The van der Waals surface area contributed by atoms with Gasteiger partial charge in [-0.15, -0.1) is 0 Å². The standard InChI is InChI=1S/C22H26N2O3/c1-15(2)9-10-23-22(26)18-6-4-5-17(12-18)13-24-19-8-7-16(3)11-20(19)27-14-21(24)25/h4-8,11-12,15H,9-10,13-14H2,1-3H3,(H,23,26). The molecule has 0 atom stereocenters. The van der Waals surface area contributed by atoms with Crippen molar-refractivity contribution in [1.29, 1.82) is 0 Å². The SMILES string of the molecule is Cc1ccc2c(c1)OCC(=O)N2Cc1cccc(C(=O)NCCC(C)C)c1. The zero-order valence-electron chi connectivity index (χ0n) is 16.1. The second-order valence-electron chi connectivity index (χ2n) is 7.38. The van der Waals surface area contributed by atoms with E-state index in [1.165, 1.54) is 0 Å². The Bertz CT molecular complexity index is 845. The zero-order chi connectivity index (χ0) is 19.4. The normalized spacial score (nSPS) is 13.3. The van der Waals surface area contributed by atoms with E-state index in [0.29, 0.717) is 24.6 Å². The second kappa shape index (κ2) is 8.25. The number of ether oxygens (including phenoxy) is 1. The van der Waals surface area contributed by atoms with E-state index in [1.54, 1.807) is 11.0 Å². The van der Waals surface area contributed by atoms with Gasteiger partial charge in [0.15, 0.2) is 6.61 Å². The minimum Gasteiger partial charge on any atom is -0.482 e. The van der Waals surface area contributed by atoms with Crippen molar-refractivity contribution in [2.24, 2.45) is 5.92 Å². The molecule has 2 amide bonds. The summed E-state index contributed by atoms with van der Waals surface area (Å²) >= 11 is 0. The van der Waals surface area contributed by atoms with Crippen LogP contribution in [0.1, 0.15) is 41.8 Å². The number of carbonyl (C=O) groups is 2. The van der Waals surface area contributed by atoms with Gasteiger partial charge in [0, 0.05) is 12.1 Å². The zero-order valence-corrected chi connectivity index (χ0v) is 16.1. The Labute approximate surface area is 160 Å². The Balaban J connectivity index is 1.75. The van der Waals surface area contributed by atoms with Crippen molar-refractivity contribution in [3.63, 3.8) is 0 Å². The molecule has 0 saturated heterocycles. The molecule has 1 heterocycles. The molecule has 0 fully saturated rings. The van der Waals surface area contributed by atoms with Crippen LogP contribution in [0.5, 0.6) is 5.75 Å². The summed E-state index contributed by atoms with van der Waals surface area (Å²) in [5, 5.41) is 2.95. The largest absolute Gasteiger partial charge is 0.482 e. The van der Waals surface area contributed by atoms with Crippen LogP contribution in [0.15, 0.2) is 42.5 Å². The van der Waals surface area contributed by atoms with Gasteiger partial charge in [0.05, 0.1) is 12.2 Å². The maximum absolute atomic E-state index is 12.4. The number of nitrogens with zero attached hydrogens (tertiary/aromatic N) is 1. The van der Waals surface area contributed by atoms with E-state index in [-0.39, 0.29) is 18.4 Å². The van der Waals surface area contributed by atoms with Crippen molar-refractivity contribution in [2.45, 2.75) is 33.7 Å². The fourth-order valence-electron chi connectivity index (χ4n) is 3.05. The summed E-state index contributed by atoms with van der Waals surface area (Å²) in [6, 6.07) is 13.2. The molecule has 3 rings (SSSR count). The minimum absolute atomic E-state index is 0.0336. The molecule has 0 unspecified atom stereocenters. The Morgan fingerprint density at radius 1 is 1.22 bits per heavy atom. The van der Waals surface area contributed by atoms with Crippen LogP contribution < -0.4 is 15.0 Å². The molecular formula is C22H26N2O3. The molecule has 2 aromatic rings. The first-order valence-electron chi connectivity index (χ1n) is 9.35. The molecule has 0 radical (unpaired) electrons. The van der Waals surface area contributed by atoms with Crippen LogP contribution >= 0.6 is 0 Å². The van der Waals surface area contributed by atoms with E-state index in [4.69, 9.17) is 4.74 Å². The highest BCUT2D eigenvalue weighted by Crippen LogP contribution is 2.33. The lowest BCUT2D eigenvalue weighted by Crippen LogP contribution is -2.38. The number of amides is 2. The summed E-state index contributed by atoms with van der Waals surface area (Å²) < 4.78 is 5.55. The molecule has 5 nitrogen and oxygen atoms in total. The third-order valence-corrected chi connectivity index (χ3v) is 4.60. The van der Waals surface area contributed by atoms with Gasteiger partial charge in [0.25, 0.3) is 11.8 Å². The Hall–Kier alpha value is -2.82. The van der Waals surface area contributed by atoms with Gasteiger partial charge in [-0.1, -0.05) is 32.0 Å². The molecule has 0 aliphatic carbocycles. The lowest BCUT2D eigenvalue weighted by Gasteiger charge is -2.29. The van der Waals surface area contributed by atoms with Gasteiger partial charge < -0.3 is 15.0 Å². The number of anilines is 1. The maximum atomic E-state index is 12.4. The van der Waals surface area contributed by atoms with Gasteiger partial charge in [-0.05, 0) is 54.7 Å². The molecule has 0 spiro atoms. The predicted octanol–water partition coefficient (Wildman–Crippen LogP) is 3.70. The lowest BCUT2D eigenvalue weighted by atomic mass is 10.1. The van der Waals surface area contributed by atoms with Gasteiger partial charge in [-0.3, -0.25) is 9.59 Å². The van der Waals surface area contributed by atoms with Crippen molar-refractivity contribution in [1.82, 2.24) is 5.32 Å². The minimum atomic E-state index is -0.0851. The van der Waals surface area contributed by atoms with Crippen molar-refractivity contribution >= 4 is 17.5 Å². The Morgan fingerprint density at radius 3 is 2.81 bits per heavy atom. The molecule has 1 aliphatic rings. The van der Waals surface area contributed by atoms with Crippen LogP contribution in [0.3, 0.4) is 0 Å². The van der Waals surface area contributed by atoms with Crippen molar-refractivity contribution in [3.05, 3.63) is 59.2 Å². The molecule has 27 heavy (non-hydrogen) atoms. The van der Waals surface area contributed by atoms with Gasteiger partial charge in [-0.25, -0.2) is 0 Å². The van der Waals surface area contributed by atoms with Gasteiger partial charge in [0.2, 0.25) is 0 Å². The molecular weight excluding hydrogens is 340 g/mol. The molecule has 1 aliphatic heterocycles. The number of aryl methyl sites for hydroxylation is 1. The van der Waals surface area contributed by atoms with Crippen molar-refractivity contribution in [3.8, 4) is 5.75 Å². The Morgan fingerprint density at radius 2 is 2.04 bits per heavy atom. The molecule has 2 aromatic carbocycles. The fraction of sp³-hybridized carbons (Fsp3) is 0.364. The third kappa shape index (κ3) is 4.67. The van der Waals surface area contributed by atoms with Crippen molar-refractivity contribution in [2.75, 3.05) is 18.1 Å². The van der Waals surface area contributed by atoms with Crippen LogP contribution in [0, 0.1) is 12.8 Å². The van der Waals surface area contributed by atoms with E-state index in [2.05, 4.69) is 19.2 Å². The predicted molar refractivity (Wildman–Crippen MR) is 106 cm³/mol. The molecule has 1 N–H and O–H groups in total. The monoisotopic (exact) mass is 366 g/mol. The van der Waals surface area contributed by atoms with Gasteiger partial charge in [-0.2, -0.15) is 0 Å². The van der Waals surface area contributed by atoms with E-state index in [9.17, 15) is 9.59 Å². The van der Waals surface area contributed by atoms with E-state index in [1.807, 2.05) is 43.3 Å². The first kappa shape index (κ1) is 19.0. The van der Waals surface area contributed by atoms with Crippen molar-refractivity contribution < 1.29 is 14.3 Å². The van der Waals surface area contributed by atoms with E-state index in [0.717, 1.165) is 29.0 Å². The second-order valence-corrected chi connectivity index (χ2v) is 7.38. The number of rotatable bonds is 6. The first-order valence-corrected chi connectivity index (χ1v) is 9.35. The number of carbonyl (C=O) groups excluding carboxylic acids is 2. The van der Waals surface area contributed by atoms with Crippen LogP contribution in [-0.2, 0) is 11.3 Å². The average Bonchev–Trinajstić information content (AvgIpc) is 2.64. The molecule has 0 bridgehead atoms. The smallest absolute Gasteiger partial charge is 0.265 e. The summed E-state index contributed by atoms with van der Waals surface area (Å²) in [7, 11) is 0. The number of hydrogen-bond acceptors (Lipinski definition) is 3. The highest BCUT2D eigenvalue weighted by atomic mass is 16.5. The van der Waals surface area contributed by atoms with Crippen LogP contribution in [-0.4, -0.2) is 25.0 Å². The van der Waals surface area contributed by atoms with Crippen LogP contribution in [0.2, 0.25) is 0 Å². The average molecular weight is 366 g/mol. The highest BCUT2D eigenvalue weighted by Gasteiger charge is 2.25. The maximum Gasteiger partial charge on any atom is 0.265 e. The fourth-order valence-corrected chi connectivity index (χ4v) is 3.05. The summed E-state index contributed by atoms with van der Waals surface area (Å²) in [5.74, 6) is 1.10.